The summed E-state index contributed by atoms with van der Waals surface area (Å²) in [6.45, 7) is 4.52. The van der Waals surface area contributed by atoms with Gasteiger partial charge in [-0.1, -0.05) is 6.92 Å². The van der Waals surface area contributed by atoms with Crippen molar-refractivity contribution in [3.05, 3.63) is 18.6 Å². The first-order chi connectivity index (χ1) is 7.24. The monoisotopic (exact) mass is 208 g/mol. The molecule has 1 amide bonds. The number of nitrogens with zero attached hydrogens (tertiary/aromatic N) is 2. The Balaban J connectivity index is 2.41. The van der Waals surface area contributed by atoms with Crippen molar-refractivity contribution in [2.24, 2.45) is 0 Å². The molecule has 1 atom stereocenters. The topological polar surface area (TPSA) is 66.9 Å². The summed E-state index contributed by atoms with van der Waals surface area (Å²) in [6.07, 6.45) is 4.01. The number of nitrogens with one attached hydrogen (secondary N) is 2. The highest BCUT2D eigenvalue weighted by Crippen LogP contribution is 2.00. The van der Waals surface area contributed by atoms with Gasteiger partial charge in [0.05, 0.1) is 0 Å². The highest BCUT2D eigenvalue weighted by molar-refractivity contribution is 5.83. The van der Waals surface area contributed by atoms with Gasteiger partial charge < -0.3 is 10.6 Å². The Morgan fingerprint density at radius 3 is 3.00 bits per heavy atom. The summed E-state index contributed by atoms with van der Waals surface area (Å²) in [7, 11) is 0. The van der Waals surface area contributed by atoms with Crippen LogP contribution in [-0.4, -0.2) is 28.5 Å². The van der Waals surface area contributed by atoms with Crippen molar-refractivity contribution in [2.45, 2.75) is 26.3 Å². The average molecular weight is 208 g/mol. The molecular weight excluding hydrogens is 192 g/mol. The van der Waals surface area contributed by atoms with E-state index in [1.165, 1.54) is 6.33 Å². The summed E-state index contributed by atoms with van der Waals surface area (Å²) in [4.78, 5) is 19.3. The van der Waals surface area contributed by atoms with E-state index < -0.39 is 0 Å². The highest BCUT2D eigenvalue weighted by Gasteiger charge is 2.11. The maximum Gasteiger partial charge on any atom is 0.242 e. The molecule has 0 bridgehead atoms. The van der Waals surface area contributed by atoms with Crippen molar-refractivity contribution in [3.8, 4) is 0 Å². The van der Waals surface area contributed by atoms with Crippen LogP contribution in [0.5, 0.6) is 0 Å². The lowest BCUT2D eigenvalue weighted by atomic mass is 10.3. The Morgan fingerprint density at radius 1 is 1.60 bits per heavy atom. The van der Waals surface area contributed by atoms with E-state index in [0.717, 1.165) is 6.42 Å². The predicted molar refractivity (Wildman–Crippen MR) is 58.4 cm³/mol. The maximum absolute atomic E-state index is 11.5. The standard InChI is InChI=1S/C10H16N4O/c1-3-5-12-10(15)8(2)14-9-4-6-11-7-13-9/h4,6-8H,3,5H2,1-2H3,(H,12,15)(H,11,13,14). The van der Waals surface area contributed by atoms with E-state index in [1.54, 1.807) is 19.2 Å². The number of amides is 1. The van der Waals surface area contributed by atoms with Gasteiger partial charge in [-0.25, -0.2) is 9.97 Å². The first-order valence-corrected chi connectivity index (χ1v) is 5.04. The van der Waals surface area contributed by atoms with E-state index in [0.29, 0.717) is 12.4 Å². The Kier molecular flexibility index (Phi) is 4.53. The van der Waals surface area contributed by atoms with Crippen LogP contribution in [0.25, 0.3) is 0 Å². The highest BCUT2D eigenvalue weighted by atomic mass is 16.2. The van der Waals surface area contributed by atoms with E-state index in [4.69, 9.17) is 0 Å². The van der Waals surface area contributed by atoms with Crippen LogP contribution in [0.15, 0.2) is 18.6 Å². The zero-order valence-corrected chi connectivity index (χ0v) is 9.03. The molecule has 0 aliphatic carbocycles. The van der Waals surface area contributed by atoms with E-state index >= 15 is 0 Å². The predicted octanol–water partition coefficient (Wildman–Crippen LogP) is 0.803. The Bertz CT molecular complexity index is 302. The molecule has 2 N–H and O–H groups in total. The summed E-state index contributed by atoms with van der Waals surface area (Å²) in [5, 5.41) is 5.79. The van der Waals surface area contributed by atoms with Crippen molar-refractivity contribution in [3.63, 3.8) is 0 Å². The van der Waals surface area contributed by atoms with Gasteiger partial charge in [0.25, 0.3) is 0 Å². The molecule has 1 rings (SSSR count). The molecule has 5 heteroatoms. The first-order valence-electron chi connectivity index (χ1n) is 5.04. The van der Waals surface area contributed by atoms with Crippen LogP contribution < -0.4 is 10.6 Å². The number of anilines is 1. The molecule has 0 aliphatic heterocycles. The van der Waals surface area contributed by atoms with E-state index in [2.05, 4.69) is 20.6 Å². The fourth-order valence-corrected chi connectivity index (χ4v) is 1.06. The first kappa shape index (κ1) is 11.4. The average Bonchev–Trinajstić information content (AvgIpc) is 2.27. The molecule has 1 unspecified atom stereocenters. The second-order valence-electron chi connectivity index (χ2n) is 3.25. The van der Waals surface area contributed by atoms with Crippen LogP contribution in [0.4, 0.5) is 5.82 Å². The van der Waals surface area contributed by atoms with Crippen LogP contribution in [0.3, 0.4) is 0 Å². The molecule has 82 valence electrons. The number of carbonyl (C=O) groups excluding carboxylic acids is 1. The lowest BCUT2D eigenvalue weighted by Crippen LogP contribution is -2.38. The van der Waals surface area contributed by atoms with Gasteiger partial charge in [-0.2, -0.15) is 0 Å². The van der Waals surface area contributed by atoms with E-state index in [9.17, 15) is 4.79 Å². The number of hydrogen-bond acceptors (Lipinski definition) is 4. The van der Waals surface area contributed by atoms with Gasteiger partial charge in [0.2, 0.25) is 5.91 Å². The number of hydrogen-bond donors (Lipinski definition) is 2. The van der Waals surface area contributed by atoms with Gasteiger partial charge in [0, 0.05) is 12.7 Å². The zero-order chi connectivity index (χ0) is 11.1. The van der Waals surface area contributed by atoms with Gasteiger partial charge in [-0.15, -0.1) is 0 Å². The summed E-state index contributed by atoms with van der Waals surface area (Å²) >= 11 is 0. The van der Waals surface area contributed by atoms with Gasteiger partial charge in [-0.3, -0.25) is 4.79 Å². The third-order valence-electron chi connectivity index (χ3n) is 1.89. The third kappa shape index (κ3) is 3.93. The SMILES string of the molecule is CCCNC(=O)C(C)Nc1ccncn1. The van der Waals surface area contributed by atoms with Crippen molar-refractivity contribution in [2.75, 3.05) is 11.9 Å². The minimum absolute atomic E-state index is 0.0181. The zero-order valence-electron chi connectivity index (χ0n) is 9.03. The fraction of sp³-hybridized carbons (Fsp3) is 0.500. The molecule has 1 aromatic rings. The minimum atomic E-state index is -0.286. The van der Waals surface area contributed by atoms with Gasteiger partial charge >= 0.3 is 0 Å². The number of aromatic nitrogens is 2. The molecule has 0 aromatic carbocycles. The molecule has 15 heavy (non-hydrogen) atoms. The summed E-state index contributed by atoms with van der Waals surface area (Å²) in [5.41, 5.74) is 0. The largest absolute Gasteiger partial charge is 0.359 e. The second kappa shape index (κ2) is 5.95. The van der Waals surface area contributed by atoms with Crippen LogP contribution in [0.1, 0.15) is 20.3 Å². The second-order valence-corrected chi connectivity index (χ2v) is 3.25. The van der Waals surface area contributed by atoms with Gasteiger partial charge in [0.15, 0.2) is 0 Å². The lowest BCUT2D eigenvalue weighted by molar-refractivity contribution is -0.121. The minimum Gasteiger partial charge on any atom is -0.359 e. The van der Waals surface area contributed by atoms with Gasteiger partial charge in [0.1, 0.15) is 18.2 Å². The molecule has 0 aliphatic rings. The third-order valence-corrected chi connectivity index (χ3v) is 1.89. The Labute approximate surface area is 89.3 Å². The molecule has 5 nitrogen and oxygen atoms in total. The lowest BCUT2D eigenvalue weighted by Gasteiger charge is -2.13. The summed E-state index contributed by atoms with van der Waals surface area (Å²) in [5.74, 6) is 0.639. The Hall–Kier alpha value is -1.65. The summed E-state index contributed by atoms with van der Waals surface area (Å²) in [6, 6.07) is 1.44. The molecule has 1 aromatic heterocycles. The van der Waals surface area contributed by atoms with E-state index in [-0.39, 0.29) is 11.9 Å². The number of carbonyl (C=O) groups is 1. The van der Waals surface area contributed by atoms with Crippen molar-refractivity contribution in [1.82, 2.24) is 15.3 Å². The van der Waals surface area contributed by atoms with Crippen molar-refractivity contribution in [1.29, 1.82) is 0 Å². The van der Waals surface area contributed by atoms with E-state index in [1.807, 2.05) is 6.92 Å². The van der Waals surface area contributed by atoms with Gasteiger partial charge in [-0.05, 0) is 19.4 Å². The molecule has 0 saturated carbocycles. The van der Waals surface area contributed by atoms with Crippen molar-refractivity contribution < 1.29 is 4.79 Å². The smallest absolute Gasteiger partial charge is 0.242 e. The normalized spacial score (nSPS) is 11.9. The van der Waals surface area contributed by atoms with Crippen LogP contribution >= 0.6 is 0 Å². The quantitative estimate of drug-likeness (QED) is 0.751. The molecular formula is C10H16N4O. The molecule has 0 spiro atoms. The maximum atomic E-state index is 11.5. The number of rotatable bonds is 5. The molecule has 0 fully saturated rings. The molecule has 0 radical (unpaired) electrons. The van der Waals surface area contributed by atoms with Crippen molar-refractivity contribution >= 4 is 11.7 Å². The summed E-state index contributed by atoms with van der Waals surface area (Å²) < 4.78 is 0. The Morgan fingerprint density at radius 2 is 2.40 bits per heavy atom. The van der Waals surface area contributed by atoms with Crippen LogP contribution in [0, 0.1) is 0 Å². The fourth-order valence-electron chi connectivity index (χ4n) is 1.06. The van der Waals surface area contributed by atoms with Crippen LogP contribution in [0.2, 0.25) is 0 Å². The molecule has 1 heterocycles. The van der Waals surface area contributed by atoms with Crippen LogP contribution in [-0.2, 0) is 4.79 Å². The molecule has 0 saturated heterocycles.